The third-order valence-electron chi connectivity index (χ3n) is 1.99. The quantitative estimate of drug-likeness (QED) is 0.785. The van der Waals surface area contributed by atoms with Crippen LogP contribution in [0.3, 0.4) is 0 Å². The van der Waals surface area contributed by atoms with Crippen LogP contribution in [-0.4, -0.2) is 23.1 Å². The van der Waals surface area contributed by atoms with Crippen molar-refractivity contribution >= 4 is 23.1 Å². The summed E-state index contributed by atoms with van der Waals surface area (Å²) in [5.41, 5.74) is 0. The molecule has 0 rings (SSSR count). The Bertz CT molecular complexity index is 212. The van der Waals surface area contributed by atoms with E-state index < -0.39 is 0 Å². The molecule has 0 bridgehead atoms. The number of hydrogen-bond acceptors (Lipinski definition) is 4. The van der Waals surface area contributed by atoms with Crippen molar-refractivity contribution in [2.45, 2.75) is 81.1 Å². The highest BCUT2D eigenvalue weighted by Gasteiger charge is 1.78. The number of hydrogen-bond donors (Lipinski definition) is 0. The second-order valence-corrected chi connectivity index (χ2v) is 4.22. The Morgan fingerprint density at radius 3 is 0.500 bits per heavy atom. The van der Waals surface area contributed by atoms with Gasteiger partial charge in [0.1, 0.15) is 23.1 Å². The lowest BCUT2D eigenvalue weighted by molar-refractivity contribution is -0.117. The second-order valence-electron chi connectivity index (χ2n) is 4.22. The molecule has 0 radical (unpaired) electrons. The van der Waals surface area contributed by atoms with Crippen LogP contribution in [0.25, 0.3) is 0 Å². The number of Topliss-reactive ketones (excluding diaryl/α,β-unsaturated/α-hetero) is 4. The van der Waals surface area contributed by atoms with Crippen LogP contribution in [0.2, 0.25) is 0 Å². The molecular weight excluding hydrogens is 256 g/mol. The molecule has 0 fully saturated rings. The summed E-state index contributed by atoms with van der Waals surface area (Å²) in [7, 11) is 0. The zero-order chi connectivity index (χ0) is 17.1. The van der Waals surface area contributed by atoms with Crippen LogP contribution in [0.5, 0.6) is 0 Å². The minimum atomic E-state index is 0.255. The monoisotopic (exact) mass is 288 g/mol. The summed E-state index contributed by atoms with van der Waals surface area (Å²) < 4.78 is 0. The number of carbonyl (C=O) groups is 4. The van der Waals surface area contributed by atoms with Crippen LogP contribution < -0.4 is 0 Å². The molecule has 0 spiro atoms. The Labute approximate surface area is 124 Å². The fourth-order valence-corrected chi connectivity index (χ4v) is 0. The smallest absolute Gasteiger partial charge is 0.129 e. The summed E-state index contributed by atoms with van der Waals surface area (Å²) in [5.74, 6) is 1.02. The summed E-state index contributed by atoms with van der Waals surface area (Å²) in [4.78, 5) is 39.2. The van der Waals surface area contributed by atoms with E-state index in [9.17, 15) is 19.2 Å². The highest BCUT2D eigenvalue weighted by atomic mass is 16.1. The van der Waals surface area contributed by atoms with Gasteiger partial charge >= 0.3 is 0 Å². The maximum absolute atomic E-state index is 9.81. The third kappa shape index (κ3) is 91.9. The van der Waals surface area contributed by atoms with Crippen LogP contribution in [0.4, 0.5) is 0 Å². The van der Waals surface area contributed by atoms with Crippen molar-refractivity contribution in [3.05, 3.63) is 0 Å². The molecule has 0 aliphatic rings. The molecule has 4 nitrogen and oxygen atoms in total. The lowest BCUT2D eigenvalue weighted by atomic mass is 10.4. The number of ketones is 4. The van der Waals surface area contributed by atoms with Crippen LogP contribution in [0.1, 0.15) is 81.1 Å². The minimum absolute atomic E-state index is 0.255. The maximum Gasteiger partial charge on any atom is 0.129 e. The van der Waals surface area contributed by atoms with Crippen molar-refractivity contribution in [3.63, 3.8) is 0 Å². The van der Waals surface area contributed by atoms with Gasteiger partial charge in [-0.05, 0) is 27.7 Å². The van der Waals surface area contributed by atoms with E-state index in [2.05, 4.69) is 0 Å². The summed E-state index contributed by atoms with van der Waals surface area (Å²) in [6, 6.07) is 0. The summed E-state index contributed by atoms with van der Waals surface area (Å²) >= 11 is 0. The molecule has 0 aromatic heterocycles. The SMILES string of the molecule is CCC(C)=O.CCC(C)=O.CCC(C)=O.CCC(C)=O. The Morgan fingerprint density at radius 2 is 0.500 bits per heavy atom. The molecule has 0 heterocycles. The van der Waals surface area contributed by atoms with E-state index >= 15 is 0 Å². The van der Waals surface area contributed by atoms with E-state index in [-0.39, 0.29) is 23.1 Å². The average Bonchev–Trinajstić information content (AvgIpc) is 2.40. The van der Waals surface area contributed by atoms with Gasteiger partial charge in [-0.3, -0.25) is 0 Å². The summed E-state index contributed by atoms with van der Waals surface area (Å²) in [5, 5.41) is 0. The first-order valence-corrected chi connectivity index (χ1v) is 7.06. The van der Waals surface area contributed by atoms with Gasteiger partial charge in [-0.15, -0.1) is 0 Å². The van der Waals surface area contributed by atoms with E-state index in [1.165, 1.54) is 0 Å². The summed E-state index contributed by atoms with van der Waals surface area (Å²) in [6.45, 7) is 13.7. The van der Waals surface area contributed by atoms with Crippen molar-refractivity contribution in [3.8, 4) is 0 Å². The number of rotatable bonds is 4. The molecule has 120 valence electrons. The van der Waals surface area contributed by atoms with Gasteiger partial charge in [0.15, 0.2) is 0 Å². The molecule has 0 aliphatic heterocycles. The Balaban J connectivity index is -0.0000000853. The first-order chi connectivity index (χ1) is 9.08. The third-order valence-corrected chi connectivity index (χ3v) is 1.99. The van der Waals surface area contributed by atoms with Gasteiger partial charge in [-0.25, -0.2) is 0 Å². The highest BCUT2D eigenvalue weighted by Crippen LogP contribution is 1.72. The fourth-order valence-electron chi connectivity index (χ4n) is 0. The average molecular weight is 288 g/mol. The van der Waals surface area contributed by atoms with Crippen LogP contribution in [0, 0.1) is 0 Å². The molecular formula is C16H32O4. The van der Waals surface area contributed by atoms with Crippen molar-refractivity contribution in [2.75, 3.05) is 0 Å². The van der Waals surface area contributed by atoms with Crippen molar-refractivity contribution in [1.29, 1.82) is 0 Å². The zero-order valence-corrected chi connectivity index (χ0v) is 14.5. The molecule has 4 heteroatoms. The zero-order valence-electron chi connectivity index (χ0n) is 14.5. The molecule has 0 saturated carbocycles. The maximum atomic E-state index is 9.81. The minimum Gasteiger partial charge on any atom is -0.300 e. The topological polar surface area (TPSA) is 68.3 Å². The predicted molar refractivity (Wildman–Crippen MR) is 83.9 cm³/mol. The predicted octanol–water partition coefficient (Wildman–Crippen LogP) is 3.94. The molecule has 0 atom stereocenters. The lowest BCUT2D eigenvalue weighted by Gasteiger charge is -1.71. The van der Waals surface area contributed by atoms with Gasteiger partial charge in [0, 0.05) is 25.7 Å². The van der Waals surface area contributed by atoms with Crippen LogP contribution >= 0.6 is 0 Å². The Kier molecular flexibility index (Phi) is 30.9. The van der Waals surface area contributed by atoms with E-state index in [1.54, 1.807) is 27.7 Å². The molecule has 0 aromatic rings. The van der Waals surface area contributed by atoms with Gasteiger partial charge in [0.2, 0.25) is 0 Å². The molecule has 0 aromatic carbocycles. The Hall–Kier alpha value is -1.32. The van der Waals surface area contributed by atoms with Gasteiger partial charge in [-0.1, -0.05) is 27.7 Å². The molecule has 0 saturated heterocycles. The molecule has 20 heavy (non-hydrogen) atoms. The number of carbonyl (C=O) groups excluding carboxylic acids is 4. The van der Waals surface area contributed by atoms with E-state index in [0.717, 1.165) is 0 Å². The van der Waals surface area contributed by atoms with Crippen molar-refractivity contribution in [2.24, 2.45) is 0 Å². The largest absolute Gasteiger partial charge is 0.300 e. The highest BCUT2D eigenvalue weighted by molar-refractivity contribution is 5.75. The fraction of sp³-hybridized carbons (Fsp3) is 0.750. The van der Waals surface area contributed by atoms with Crippen molar-refractivity contribution in [1.82, 2.24) is 0 Å². The molecule has 0 unspecified atom stereocenters. The van der Waals surface area contributed by atoms with Gasteiger partial charge in [0.05, 0.1) is 0 Å². The van der Waals surface area contributed by atoms with Gasteiger partial charge in [-0.2, -0.15) is 0 Å². The van der Waals surface area contributed by atoms with E-state index in [4.69, 9.17) is 0 Å². The van der Waals surface area contributed by atoms with Crippen molar-refractivity contribution < 1.29 is 19.2 Å². The second kappa shape index (κ2) is 22.8. The van der Waals surface area contributed by atoms with Crippen LogP contribution in [-0.2, 0) is 19.2 Å². The molecule has 0 aliphatic carbocycles. The lowest BCUT2D eigenvalue weighted by Crippen LogP contribution is -1.80. The molecule has 0 N–H and O–H groups in total. The van der Waals surface area contributed by atoms with Gasteiger partial charge < -0.3 is 19.2 Å². The normalized spacial score (nSPS) is 7.60. The van der Waals surface area contributed by atoms with Crippen LogP contribution in [0.15, 0.2) is 0 Å². The van der Waals surface area contributed by atoms with E-state index in [0.29, 0.717) is 25.7 Å². The standard InChI is InChI=1S/4C4H8O/c4*1-3-4(2)5/h4*3H2,1-2H3. The van der Waals surface area contributed by atoms with Gasteiger partial charge in [0.25, 0.3) is 0 Å². The first-order valence-electron chi connectivity index (χ1n) is 7.06. The molecule has 0 amide bonds. The Morgan fingerprint density at radius 1 is 0.450 bits per heavy atom. The van der Waals surface area contributed by atoms with E-state index in [1.807, 2.05) is 27.7 Å². The first kappa shape index (κ1) is 27.1. The summed E-state index contributed by atoms with van der Waals surface area (Å²) in [6.07, 6.45) is 2.67.